The number of amides is 1. The van der Waals surface area contributed by atoms with Crippen molar-refractivity contribution in [1.82, 2.24) is 10.3 Å². The fourth-order valence-corrected chi connectivity index (χ4v) is 2.05. The number of fused-ring (bicyclic) bond motifs is 1. The van der Waals surface area contributed by atoms with Gasteiger partial charge in [-0.1, -0.05) is 11.6 Å². The summed E-state index contributed by atoms with van der Waals surface area (Å²) < 4.78 is 0. The molecule has 0 spiro atoms. The van der Waals surface area contributed by atoms with Crippen LogP contribution in [0, 0.1) is 0 Å². The highest BCUT2D eigenvalue weighted by molar-refractivity contribution is 6.35. The molecule has 0 aliphatic carbocycles. The molecule has 0 bridgehead atoms. The van der Waals surface area contributed by atoms with Gasteiger partial charge in [0.1, 0.15) is 0 Å². The molecular weight excluding hydrogens is 262 g/mol. The van der Waals surface area contributed by atoms with Crippen molar-refractivity contribution >= 4 is 28.4 Å². The van der Waals surface area contributed by atoms with E-state index in [4.69, 9.17) is 17.3 Å². The first-order valence-corrected chi connectivity index (χ1v) is 6.54. The highest BCUT2D eigenvalue weighted by atomic mass is 35.5. The summed E-state index contributed by atoms with van der Waals surface area (Å²) in [7, 11) is 0. The molecule has 1 heterocycles. The molecule has 19 heavy (non-hydrogen) atoms. The number of hydrogen-bond donors (Lipinski definition) is 2. The second kappa shape index (κ2) is 5.99. The van der Waals surface area contributed by atoms with Gasteiger partial charge in [0.25, 0.3) is 5.91 Å². The van der Waals surface area contributed by atoms with Crippen molar-refractivity contribution in [1.29, 1.82) is 0 Å². The molecule has 1 unspecified atom stereocenters. The van der Waals surface area contributed by atoms with E-state index in [1.54, 1.807) is 24.4 Å². The predicted octanol–water partition coefficient (Wildman–Crippen LogP) is 2.36. The van der Waals surface area contributed by atoms with Gasteiger partial charge in [0.15, 0.2) is 0 Å². The Hall–Kier alpha value is -1.65. The number of rotatable bonds is 4. The first-order valence-electron chi connectivity index (χ1n) is 6.16. The molecule has 4 nitrogen and oxygen atoms in total. The Morgan fingerprint density at radius 3 is 3.00 bits per heavy atom. The average molecular weight is 278 g/mol. The molecule has 0 aliphatic heterocycles. The third-order valence-corrected chi connectivity index (χ3v) is 3.18. The van der Waals surface area contributed by atoms with E-state index < -0.39 is 0 Å². The normalized spacial score (nSPS) is 12.4. The number of pyridine rings is 1. The fourth-order valence-electron chi connectivity index (χ4n) is 1.83. The highest BCUT2D eigenvalue weighted by Crippen LogP contribution is 2.24. The molecule has 100 valence electrons. The lowest BCUT2D eigenvalue weighted by atomic mass is 10.1. The minimum absolute atomic E-state index is 0.0698. The lowest BCUT2D eigenvalue weighted by molar-refractivity contribution is 0.0954. The van der Waals surface area contributed by atoms with Crippen molar-refractivity contribution in [3.8, 4) is 0 Å². The van der Waals surface area contributed by atoms with E-state index >= 15 is 0 Å². The maximum atomic E-state index is 12.1. The average Bonchev–Trinajstić information content (AvgIpc) is 2.39. The minimum atomic E-state index is -0.152. The van der Waals surface area contributed by atoms with Gasteiger partial charge in [-0.25, -0.2) is 0 Å². The molecule has 0 saturated heterocycles. The summed E-state index contributed by atoms with van der Waals surface area (Å²) in [6, 6.07) is 7.13. The van der Waals surface area contributed by atoms with Crippen LogP contribution < -0.4 is 11.1 Å². The molecule has 2 aromatic rings. The zero-order valence-electron chi connectivity index (χ0n) is 10.7. The first kappa shape index (κ1) is 13.8. The zero-order valence-corrected chi connectivity index (χ0v) is 11.4. The standard InChI is InChI=1S/C14H16ClN3O/c1-9(16)6-8-18-14(19)11-4-5-12(15)10-3-2-7-17-13(10)11/h2-5,7,9H,6,8,16H2,1H3,(H,18,19). The van der Waals surface area contributed by atoms with Gasteiger partial charge in [-0.3, -0.25) is 9.78 Å². The van der Waals surface area contributed by atoms with Crippen molar-refractivity contribution in [3.63, 3.8) is 0 Å². The van der Waals surface area contributed by atoms with Crippen molar-refractivity contribution in [2.45, 2.75) is 19.4 Å². The molecule has 1 aromatic carbocycles. The maximum Gasteiger partial charge on any atom is 0.253 e. The van der Waals surface area contributed by atoms with E-state index in [1.165, 1.54) is 0 Å². The number of carbonyl (C=O) groups is 1. The summed E-state index contributed by atoms with van der Waals surface area (Å²) in [6.45, 7) is 2.46. The van der Waals surface area contributed by atoms with Crippen LogP contribution in [0.5, 0.6) is 0 Å². The number of carbonyl (C=O) groups excluding carboxylic acids is 1. The Morgan fingerprint density at radius 2 is 2.26 bits per heavy atom. The van der Waals surface area contributed by atoms with Crippen LogP contribution in [0.25, 0.3) is 10.9 Å². The maximum absolute atomic E-state index is 12.1. The van der Waals surface area contributed by atoms with Crippen LogP contribution in [0.3, 0.4) is 0 Å². The molecule has 5 heteroatoms. The summed E-state index contributed by atoms with van der Waals surface area (Å²) in [6.07, 6.45) is 2.39. The molecule has 1 aromatic heterocycles. The van der Waals surface area contributed by atoms with E-state index in [2.05, 4.69) is 10.3 Å². The largest absolute Gasteiger partial charge is 0.352 e. The SMILES string of the molecule is CC(N)CCNC(=O)c1ccc(Cl)c2cccnc12. The summed E-state index contributed by atoms with van der Waals surface area (Å²) in [5, 5.41) is 4.21. The molecule has 3 N–H and O–H groups in total. The lowest BCUT2D eigenvalue weighted by Gasteiger charge is -2.09. The van der Waals surface area contributed by atoms with Crippen LogP contribution in [-0.4, -0.2) is 23.5 Å². The molecule has 0 aliphatic rings. The summed E-state index contributed by atoms with van der Waals surface area (Å²) >= 11 is 6.09. The van der Waals surface area contributed by atoms with Gasteiger partial charge in [0, 0.05) is 24.2 Å². The first-order chi connectivity index (χ1) is 9.09. The number of nitrogens with zero attached hydrogens (tertiary/aromatic N) is 1. The van der Waals surface area contributed by atoms with Crippen LogP contribution in [-0.2, 0) is 0 Å². The Bertz CT molecular complexity index is 598. The van der Waals surface area contributed by atoms with E-state index in [0.29, 0.717) is 22.6 Å². The molecule has 0 radical (unpaired) electrons. The van der Waals surface area contributed by atoms with Crippen LogP contribution in [0.15, 0.2) is 30.5 Å². The molecule has 1 atom stereocenters. The predicted molar refractivity (Wildman–Crippen MR) is 77.4 cm³/mol. The van der Waals surface area contributed by atoms with Gasteiger partial charge in [-0.2, -0.15) is 0 Å². The van der Waals surface area contributed by atoms with Crippen molar-refractivity contribution in [3.05, 3.63) is 41.0 Å². The van der Waals surface area contributed by atoms with Gasteiger partial charge in [0.05, 0.1) is 16.1 Å². The summed E-state index contributed by atoms with van der Waals surface area (Å²) in [5.41, 5.74) is 6.80. The Balaban J connectivity index is 2.25. The van der Waals surface area contributed by atoms with E-state index in [1.807, 2.05) is 13.0 Å². The number of benzene rings is 1. The Labute approximate surface area is 117 Å². The second-order valence-corrected chi connectivity index (χ2v) is 4.92. The second-order valence-electron chi connectivity index (χ2n) is 4.52. The number of aromatic nitrogens is 1. The molecule has 1 amide bonds. The van der Waals surface area contributed by atoms with Gasteiger partial charge in [-0.15, -0.1) is 0 Å². The number of halogens is 1. The van der Waals surface area contributed by atoms with Gasteiger partial charge < -0.3 is 11.1 Å². The van der Waals surface area contributed by atoms with Crippen LogP contribution in [0.4, 0.5) is 0 Å². The number of hydrogen-bond acceptors (Lipinski definition) is 3. The molecule has 2 rings (SSSR count). The highest BCUT2D eigenvalue weighted by Gasteiger charge is 2.12. The Kier molecular flexibility index (Phi) is 4.35. The quantitative estimate of drug-likeness (QED) is 0.901. The van der Waals surface area contributed by atoms with Crippen molar-refractivity contribution in [2.24, 2.45) is 5.73 Å². The van der Waals surface area contributed by atoms with E-state index in [0.717, 1.165) is 11.8 Å². The van der Waals surface area contributed by atoms with Gasteiger partial charge in [0.2, 0.25) is 0 Å². The van der Waals surface area contributed by atoms with Crippen LogP contribution in [0.2, 0.25) is 5.02 Å². The van der Waals surface area contributed by atoms with Crippen molar-refractivity contribution in [2.75, 3.05) is 6.54 Å². The Morgan fingerprint density at radius 1 is 1.47 bits per heavy atom. The topological polar surface area (TPSA) is 68.0 Å². The van der Waals surface area contributed by atoms with E-state index in [9.17, 15) is 4.79 Å². The smallest absolute Gasteiger partial charge is 0.253 e. The molecule has 0 fully saturated rings. The lowest BCUT2D eigenvalue weighted by Crippen LogP contribution is -2.29. The van der Waals surface area contributed by atoms with Crippen molar-refractivity contribution < 1.29 is 4.79 Å². The van der Waals surface area contributed by atoms with E-state index in [-0.39, 0.29) is 11.9 Å². The monoisotopic (exact) mass is 277 g/mol. The zero-order chi connectivity index (χ0) is 13.8. The van der Waals surface area contributed by atoms with Gasteiger partial charge in [-0.05, 0) is 37.6 Å². The third kappa shape index (κ3) is 3.22. The number of nitrogens with two attached hydrogens (primary N) is 1. The molecular formula is C14H16ClN3O. The minimum Gasteiger partial charge on any atom is -0.352 e. The van der Waals surface area contributed by atoms with Gasteiger partial charge >= 0.3 is 0 Å². The van der Waals surface area contributed by atoms with Crippen LogP contribution in [0.1, 0.15) is 23.7 Å². The third-order valence-electron chi connectivity index (χ3n) is 2.85. The summed E-state index contributed by atoms with van der Waals surface area (Å²) in [4.78, 5) is 16.4. The van der Waals surface area contributed by atoms with Crippen LogP contribution >= 0.6 is 11.6 Å². The summed E-state index contributed by atoms with van der Waals surface area (Å²) in [5.74, 6) is -0.152. The fraction of sp³-hybridized carbons (Fsp3) is 0.286. The molecule has 0 saturated carbocycles. The number of nitrogens with one attached hydrogen (secondary N) is 1.